The van der Waals surface area contributed by atoms with Gasteiger partial charge in [0.1, 0.15) is 5.75 Å². The molecule has 2 aromatic rings. The van der Waals surface area contributed by atoms with Gasteiger partial charge in [0.25, 0.3) is 0 Å². The SMILES string of the molecule is CCC(CC)C(=O)N1CCC(COc2ccc(Cl)c(C)c2)(CC(=O)N(C)Cc2ccccc2)CC1. The number of carbonyl (C=O) groups excluding carboxylic acids is 2. The topological polar surface area (TPSA) is 49.9 Å². The minimum absolute atomic E-state index is 0.0782. The van der Waals surface area contributed by atoms with Crippen molar-refractivity contribution in [1.29, 1.82) is 0 Å². The highest BCUT2D eigenvalue weighted by Crippen LogP contribution is 2.37. The fourth-order valence-corrected chi connectivity index (χ4v) is 4.93. The molecule has 1 fully saturated rings. The zero-order chi connectivity index (χ0) is 25.4. The van der Waals surface area contributed by atoms with E-state index in [1.54, 1.807) is 4.90 Å². The van der Waals surface area contributed by atoms with Crippen LogP contribution >= 0.6 is 11.6 Å². The van der Waals surface area contributed by atoms with Crippen molar-refractivity contribution in [1.82, 2.24) is 9.80 Å². The predicted octanol–water partition coefficient (Wildman–Crippen LogP) is 6.12. The van der Waals surface area contributed by atoms with Gasteiger partial charge in [0.05, 0.1) is 6.61 Å². The van der Waals surface area contributed by atoms with E-state index in [4.69, 9.17) is 16.3 Å². The first kappa shape index (κ1) is 27.1. The van der Waals surface area contributed by atoms with Gasteiger partial charge in [-0.1, -0.05) is 55.8 Å². The van der Waals surface area contributed by atoms with Gasteiger partial charge in [0.15, 0.2) is 0 Å². The van der Waals surface area contributed by atoms with E-state index in [0.717, 1.165) is 42.6 Å². The third-order valence-corrected chi connectivity index (χ3v) is 7.78. The quantitative estimate of drug-likeness (QED) is 0.396. The van der Waals surface area contributed by atoms with Crippen molar-refractivity contribution in [2.24, 2.45) is 11.3 Å². The first-order valence-electron chi connectivity index (χ1n) is 12.7. The molecule has 1 saturated heterocycles. The van der Waals surface area contributed by atoms with Gasteiger partial charge in [-0.3, -0.25) is 9.59 Å². The normalized spacial score (nSPS) is 15.2. The maximum Gasteiger partial charge on any atom is 0.225 e. The van der Waals surface area contributed by atoms with Crippen LogP contribution in [0.15, 0.2) is 48.5 Å². The van der Waals surface area contributed by atoms with Crippen LogP contribution in [0, 0.1) is 18.3 Å². The molecule has 0 radical (unpaired) electrons. The van der Waals surface area contributed by atoms with Gasteiger partial charge in [-0.15, -0.1) is 0 Å². The van der Waals surface area contributed by atoms with E-state index in [0.29, 0.717) is 37.7 Å². The Bertz CT molecular complexity index is 983. The van der Waals surface area contributed by atoms with Crippen molar-refractivity contribution in [3.8, 4) is 5.75 Å². The zero-order valence-electron chi connectivity index (χ0n) is 21.6. The number of ether oxygens (including phenoxy) is 1. The summed E-state index contributed by atoms with van der Waals surface area (Å²) in [6.07, 6.45) is 3.61. The monoisotopic (exact) mass is 498 g/mol. The smallest absolute Gasteiger partial charge is 0.225 e. The first-order chi connectivity index (χ1) is 16.8. The fraction of sp³-hybridized carbons (Fsp3) is 0.517. The molecule has 0 atom stereocenters. The minimum Gasteiger partial charge on any atom is -0.493 e. The minimum atomic E-state index is -0.319. The van der Waals surface area contributed by atoms with Crippen LogP contribution in [-0.2, 0) is 16.1 Å². The van der Waals surface area contributed by atoms with Crippen LogP contribution in [0.1, 0.15) is 57.1 Å². The molecule has 0 spiro atoms. The number of nitrogens with zero attached hydrogens (tertiary/aromatic N) is 2. The van der Waals surface area contributed by atoms with E-state index in [1.165, 1.54) is 0 Å². The average molecular weight is 499 g/mol. The van der Waals surface area contributed by atoms with E-state index in [2.05, 4.69) is 13.8 Å². The van der Waals surface area contributed by atoms with E-state index in [9.17, 15) is 9.59 Å². The van der Waals surface area contributed by atoms with Crippen LogP contribution in [-0.4, -0.2) is 48.4 Å². The van der Waals surface area contributed by atoms with Gasteiger partial charge in [-0.25, -0.2) is 0 Å². The number of rotatable bonds is 10. The molecule has 0 unspecified atom stereocenters. The van der Waals surface area contributed by atoms with Crippen LogP contribution in [0.2, 0.25) is 5.02 Å². The largest absolute Gasteiger partial charge is 0.493 e. The second kappa shape index (κ2) is 12.4. The number of amides is 2. The Morgan fingerprint density at radius 3 is 2.34 bits per heavy atom. The molecular formula is C29H39ClN2O3. The Labute approximate surface area is 215 Å². The fourth-order valence-electron chi connectivity index (χ4n) is 4.81. The van der Waals surface area contributed by atoms with Crippen molar-refractivity contribution in [2.75, 3.05) is 26.7 Å². The summed E-state index contributed by atoms with van der Waals surface area (Å²) in [7, 11) is 1.86. The van der Waals surface area contributed by atoms with Crippen LogP contribution in [0.25, 0.3) is 0 Å². The van der Waals surface area contributed by atoms with Crippen molar-refractivity contribution in [3.05, 3.63) is 64.7 Å². The molecule has 0 N–H and O–H groups in total. The predicted molar refractivity (Wildman–Crippen MR) is 142 cm³/mol. The van der Waals surface area contributed by atoms with Crippen LogP contribution in [0.5, 0.6) is 5.75 Å². The molecule has 2 aromatic carbocycles. The molecule has 0 saturated carbocycles. The third kappa shape index (κ3) is 7.23. The third-order valence-electron chi connectivity index (χ3n) is 7.36. The molecule has 2 amide bonds. The lowest BCUT2D eigenvalue weighted by atomic mass is 9.75. The summed E-state index contributed by atoms with van der Waals surface area (Å²) in [4.78, 5) is 30.1. The van der Waals surface area contributed by atoms with Crippen LogP contribution in [0.4, 0.5) is 0 Å². The van der Waals surface area contributed by atoms with Crippen molar-refractivity contribution >= 4 is 23.4 Å². The number of aryl methyl sites for hydroxylation is 1. The Hall–Kier alpha value is -2.53. The molecule has 0 aliphatic carbocycles. The Morgan fingerprint density at radius 1 is 1.09 bits per heavy atom. The standard InChI is InChI=1S/C29H39ClN2O3/c1-5-24(6-2)28(34)32-16-14-29(15-17-32,21-35-25-12-13-26(30)22(3)18-25)19-27(33)31(4)20-23-10-8-7-9-11-23/h7-13,18,24H,5-6,14-17,19-21H2,1-4H3. The second-order valence-electron chi connectivity index (χ2n) is 9.95. The van der Waals surface area contributed by atoms with Gasteiger partial charge in [0, 0.05) is 49.5 Å². The van der Waals surface area contributed by atoms with Gasteiger partial charge in [-0.2, -0.15) is 0 Å². The van der Waals surface area contributed by atoms with Crippen molar-refractivity contribution in [3.63, 3.8) is 0 Å². The Kier molecular flexibility index (Phi) is 9.62. The molecular weight excluding hydrogens is 460 g/mol. The average Bonchev–Trinajstić information content (AvgIpc) is 2.86. The van der Waals surface area contributed by atoms with E-state index in [1.807, 2.05) is 67.4 Å². The number of halogens is 1. The van der Waals surface area contributed by atoms with Crippen LogP contribution < -0.4 is 4.74 Å². The lowest BCUT2D eigenvalue weighted by Crippen LogP contribution is -2.48. The summed E-state index contributed by atoms with van der Waals surface area (Å²) in [5, 5.41) is 0.706. The van der Waals surface area contributed by atoms with Gasteiger partial charge >= 0.3 is 0 Å². The summed E-state index contributed by atoms with van der Waals surface area (Å²) in [5.41, 5.74) is 1.75. The number of likely N-dealkylation sites (tertiary alicyclic amines) is 1. The van der Waals surface area contributed by atoms with Crippen molar-refractivity contribution in [2.45, 2.75) is 59.4 Å². The number of piperidine rings is 1. The Balaban J connectivity index is 1.71. The molecule has 190 valence electrons. The molecule has 1 aliphatic heterocycles. The van der Waals surface area contributed by atoms with E-state index >= 15 is 0 Å². The molecule has 1 aliphatic rings. The lowest BCUT2D eigenvalue weighted by molar-refractivity contribution is -0.140. The van der Waals surface area contributed by atoms with E-state index in [-0.39, 0.29) is 23.1 Å². The molecule has 1 heterocycles. The number of hydrogen-bond acceptors (Lipinski definition) is 3. The summed E-state index contributed by atoms with van der Waals surface area (Å²) in [5.74, 6) is 1.18. The number of hydrogen-bond donors (Lipinski definition) is 0. The summed E-state index contributed by atoms with van der Waals surface area (Å²) >= 11 is 6.18. The molecule has 5 nitrogen and oxygen atoms in total. The van der Waals surface area contributed by atoms with Gasteiger partial charge in [-0.05, 0) is 61.9 Å². The number of carbonyl (C=O) groups is 2. The summed E-state index contributed by atoms with van der Waals surface area (Å²) < 4.78 is 6.24. The van der Waals surface area contributed by atoms with Crippen LogP contribution in [0.3, 0.4) is 0 Å². The summed E-state index contributed by atoms with van der Waals surface area (Å²) in [6, 6.07) is 15.7. The first-order valence-corrected chi connectivity index (χ1v) is 13.1. The Morgan fingerprint density at radius 2 is 1.74 bits per heavy atom. The molecule has 3 rings (SSSR count). The maximum atomic E-state index is 13.3. The van der Waals surface area contributed by atoms with Gasteiger partial charge in [0.2, 0.25) is 11.8 Å². The van der Waals surface area contributed by atoms with Gasteiger partial charge < -0.3 is 14.5 Å². The molecule has 35 heavy (non-hydrogen) atoms. The highest BCUT2D eigenvalue weighted by Gasteiger charge is 2.40. The lowest BCUT2D eigenvalue weighted by Gasteiger charge is -2.42. The number of benzene rings is 2. The second-order valence-corrected chi connectivity index (χ2v) is 10.4. The molecule has 0 bridgehead atoms. The molecule has 0 aromatic heterocycles. The highest BCUT2D eigenvalue weighted by atomic mass is 35.5. The molecule has 6 heteroatoms. The highest BCUT2D eigenvalue weighted by molar-refractivity contribution is 6.31. The van der Waals surface area contributed by atoms with Crippen molar-refractivity contribution < 1.29 is 14.3 Å². The van der Waals surface area contributed by atoms with E-state index < -0.39 is 0 Å². The zero-order valence-corrected chi connectivity index (χ0v) is 22.3. The summed E-state index contributed by atoms with van der Waals surface area (Å²) in [6.45, 7) is 8.43. The maximum absolute atomic E-state index is 13.3.